The molecule has 1 aromatic rings. The van der Waals surface area contributed by atoms with Crippen LogP contribution in [0.4, 0.5) is 0 Å². The van der Waals surface area contributed by atoms with E-state index in [0.29, 0.717) is 5.56 Å². The van der Waals surface area contributed by atoms with Gasteiger partial charge in [-0.25, -0.2) is 4.79 Å². The van der Waals surface area contributed by atoms with Crippen LogP contribution in [0.25, 0.3) is 0 Å². The monoisotopic (exact) mass is 327 g/mol. The first-order chi connectivity index (χ1) is 11.5. The maximum Gasteiger partial charge on any atom is 0.338 e. The summed E-state index contributed by atoms with van der Waals surface area (Å²) in [5.41, 5.74) is 0.436. The maximum absolute atomic E-state index is 12.6. The van der Waals surface area contributed by atoms with Gasteiger partial charge in [-0.3, -0.25) is 4.79 Å². The van der Waals surface area contributed by atoms with Crippen molar-refractivity contribution in [1.29, 1.82) is 0 Å². The normalized spacial score (nSPS) is 34.6. The standard InChI is InChI=1S/C20H25NO3/c1-13(24-19(23)17-5-3-2-4-6-17)18(22)21-20-10-14-7-15(11-20)9-16(8-14)12-20/h2-6,13-16H,7-12H2,1H3,(H,21,22). The number of carbonyl (C=O) groups is 2. The quantitative estimate of drug-likeness (QED) is 0.863. The van der Waals surface area contributed by atoms with E-state index in [0.717, 1.165) is 37.0 Å². The van der Waals surface area contributed by atoms with E-state index in [1.54, 1.807) is 31.2 Å². The Balaban J connectivity index is 1.38. The Morgan fingerprint density at radius 2 is 1.58 bits per heavy atom. The van der Waals surface area contributed by atoms with Crippen molar-refractivity contribution in [2.75, 3.05) is 0 Å². The van der Waals surface area contributed by atoms with Crippen LogP contribution < -0.4 is 5.32 Å². The summed E-state index contributed by atoms with van der Waals surface area (Å²) >= 11 is 0. The van der Waals surface area contributed by atoms with E-state index in [4.69, 9.17) is 4.74 Å². The number of hydrogen-bond acceptors (Lipinski definition) is 3. The highest BCUT2D eigenvalue weighted by molar-refractivity contribution is 5.92. The highest BCUT2D eigenvalue weighted by atomic mass is 16.5. The Kier molecular flexibility index (Phi) is 3.86. The van der Waals surface area contributed by atoms with Gasteiger partial charge in [0.25, 0.3) is 5.91 Å². The van der Waals surface area contributed by atoms with E-state index in [1.807, 2.05) is 6.07 Å². The minimum absolute atomic E-state index is 0.0424. The fourth-order valence-electron chi connectivity index (χ4n) is 5.48. The largest absolute Gasteiger partial charge is 0.449 e. The van der Waals surface area contributed by atoms with E-state index >= 15 is 0 Å². The molecule has 1 atom stereocenters. The number of benzene rings is 1. The first kappa shape index (κ1) is 15.7. The summed E-state index contributed by atoms with van der Waals surface area (Å²) < 4.78 is 5.36. The second-order valence-corrected chi connectivity index (χ2v) is 8.10. The van der Waals surface area contributed by atoms with E-state index in [2.05, 4.69) is 5.32 Å². The Labute approximate surface area is 143 Å². The van der Waals surface area contributed by atoms with E-state index in [1.165, 1.54) is 19.3 Å². The molecule has 4 nitrogen and oxygen atoms in total. The molecule has 1 amide bonds. The van der Waals surface area contributed by atoms with Crippen LogP contribution in [0.5, 0.6) is 0 Å². The highest BCUT2D eigenvalue weighted by Crippen LogP contribution is 2.55. The number of nitrogens with one attached hydrogen (secondary N) is 1. The third-order valence-electron chi connectivity index (χ3n) is 6.09. The fraction of sp³-hybridized carbons (Fsp3) is 0.600. The maximum atomic E-state index is 12.6. The molecule has 4 saturated carbocycles. The summed E-state index contributed by atoms with van der Waals surface area (Å²) in [5.74, 6) is 1.74. The molecule has 128 valence electrons. The molecule has 0 aromatic heterocycles. The molecular weight excluding hydrogens is 302 g/mol. The lowest BCUT2D eigenvalue weighted by Crippen LogP contribution is -2.61. The van der Waals surface area contributed by atoms with Crippen LogP contribution >= 0.6 is 0 Å². The highest BCUT2D eigenvalue weighted by Gasteiger charge is 2.51. The Morgan fingerprint density at radius 3 is 2.12 bits per heavy atom. The van der Waals surface area contributed by atoms with Gasteiger partial charge in [0.1, 0.15) is 0 Å². The van der Waals surface area contributed by atoms with Crippen LogP contribution in [-0.4, -0.2) is 23.5 Å². The molecular formula is C20H25NO3. The van der Waals surface area contributed by atoms with Gasteiger partial charge in [0.2, 0.25) is 0 Å². The van der Waals surface area contributed by atoms with Gasteiger partial charge in [-0.15, -0.1) is 0 Å². The number of carbonyl (C=O) groups excluding carboxylic acids is 2. The lowest BCUT2D eigenvalue weighted by Gasteiger charge is -2.57. The Hall–Kier alpha value is -1.84. The Bertz CT molecular complexity index is 604. The Morgan fingerprint density at radius 1 is 1.04 bits per heavy atom. The average Bonchev–Trinajstić information content (AvgIpc) is 2.53. The molecule has 0 radical (unpaired) electrons. The van der Waals surface area contributed by atoms with Gasteiger partial charge >= 0.3 is 5.97 Å². The third-order valence-corrected chi connectivity index (χ3v) is 6.09. The van der Waals surface area contributed by atoms with E-state index < -0.39 is 12.1 Å². The zero-order valence-corrected chi connectivity index (χ0v) is 14.2. The summed E-state index contributed by atoms with van der Waals surface area (Å²) in [7, 11) is 0. The summed E-state index contributed by atoms with van der Waals surface area (Å²) in [6.07, 6.45) is 6.57. The van der Waals surface area contributed by atoms with Gasteiger partial charge in [0.15, 0.2) is 6.10 Å². The molecule has 0 heterocycles. The second-order valence-electron chi connectivity index (χ2n) is 8.10. The lowest BCUT2D eigenvalue weighted by atomic mass is 9.53. The zero-order chi connectivity index (χ0) is 16.7. The van der Waals surface area contributed by atoms with Crippen LogP contribution in [0.1, 0.15) is 55.8 Å². The summed E-state index contributed by atoms with van der Waals surface area (Å²) in [6, 6.07) is 8.82. The van der Waals surface area contributed by atoms with Gasteiger partial charge in [-0.05, 0) is 75.3 Å². The van der Waals surface area contributed by atoms with Crippen LogP contribution in [0.15, 0.2) is 30.3 Å². The molecule has 1 aromatic carbocycles. The molecule has 4 aliphatic carbocycles. The van der Waals surface area contributed by atoms with Crippen molar-refractivity contribution in [3.05, 3.63) is 35.9 Å². The first-order valence-electron chi connectivity index (χ1n) is 9.11. The molecule has 4 fully saturated rings. The van der Waals surface area contributed by atoms with Gasteiger partial charge in [0.05, 0.1) is 5.56 Å². The molecule has 1 N–H and O–H groups in total. The van der Waals surface area contributed by atoms with Crippen molar-refractivity contribution in [3.63, 3.8) is 0 Å². The van der Waals surface area contributed by atoms with Crippen molar-refractivity contribution < 1.29 is 14.3 Å². The molecule has 1 unspecified atom stereocenters. The topological polar surface area (TPSA) is 55.4 Å². The van der Waals surface area contributed by atoms with Gasteiger partial charge in [-0.2, -0.15) is 0 Å². The fourth-order valence-corrected chi connectivity index (χ4v) is 5.48. The summed E-state index contributed by atoms with van der Waals surface area (Å²) in [5, 5.41) is 3.26. The van der Waals surface area contributed by atoms with Crippen LogP contribution in [-0.2, 0) is 9.53 Å². The van der Waals surface area contributed by atoms with Crippen LogP contribution in [0.2, 0.25) is 0 Å². The van der Waals surface area contributed by atoms with Crippen LogP contribution in [0.3, 0.4) is 0 Å². The molecule has 0 saturated heterocycles. The number of rotatable bonds is 4. The second kappa shape index (κ2) is 5.91. The number of ether oxygens (including phenoxy) is 1. The average molecular weight is 327 g/mol. The molecule has 4 bridgehead atoms. The van der Waals surface area contributed by atoms with Gasteiger partial charge in [0, 0.05) is 5.54 Å². The minimum Gasteiger partial charge on any atom is -0.449 e. The minimum atomic E-state index is -0.759. The molecule has 0 aliphatic heterocycles. The van der Waals surface area contributed by atoms with Crippen molar-refractivity contribution in [3.8, 4) is 0 Å². The molecule has 5 rings (SSSR count). The number of esters is 1. The van der Waals surface area contributed by atoms with Crippen LogP contribution in [0, 0.1) is 17.8 Å². The van der Waals surface area contributed by atoms with Crippen molar-refractivity contribution in [1.82, 2.24) is 5.32 Å². The zero-order valence-electron chi connectivity index (χ0n) is 14.2. The van der Waals surface area contributed by atoms with Gasteiger partial charge < -0.3 is 10.1 Å². The molecule has 4 aliphatic rings. The summed E-state index contributed by atoms with van der Waals surface area (Å²) in [4.78, 5) is 24.7. The van der Waals surface area contributed by atoms with E-state index in [-0.39, 0.29) is 11.4 Å². The van der Waals surface area contributed by atoms with Crippen molar-refractivity contribution >= 4 is 11.9 Å². The van der Waals surface area contributed by atoms with Gasteiger partial charge in [-0.1, -0.05) is 18.2 Å². The molecule has 0 spiro atoms. The SMILES string of the molecule is CC(OC(=O)c1ccccc1)C(=O)NC12CC3CC(CC(C3)C1)C2. The smallest absolute Gasteiger partial charge is 0.338 e. The predicted molar refractivity (Wildman–Crippen MR) is 90.4 cm³/mol. The first-order valence-corrected chi connectivity index (χ1v) is 9.11. The van der Waals surface area contributed by atoms with Crippen molar-refractivity contribution in [2.45, 2.75) is 57.1 Å². The summed E-state index contributed by atoms with van der Waals surface area (Å²) in [6.45, 7) is 1.66. The lowest BCUT2D eigenvalue weighted by molar-refractivity contribution is -0.134. The number of amides is 1. The van der Waals surface area contributed by atoms with E-state index in [9.17, 15) is 9.59 Å². The molecule has 24 heavy (non-hydrogen) atoms. The predicted octanol–water partition coefficient (Wildman–Crippen LogP) is 3.32. The molecule has 4 heteroatoms. The van der Waals surface area contributed by atoms with Crippen molar-refractivity contribution in [2.24, 2.45) is 17.8 Å². The third kappa shape index (κ3) is 2.94. The number of hydrogen-bond donors (Lipinski definition) is 1.